The predicted octanol–water partition coefficient (Wildman–Crippen LogP) is 1.08. The Morgan fingerprint density at radius 3 is 2.80 bits per heavy atom. The van der Waals surface area contributed by atoms with Crippen LogP contribution in [0.25, 0.3) is 0 Å². The highest BCUT2D eigenvalue weighted by Gasteiger charge is 2.27. The quantitative estimate of drug-likeness (QED) is 0.719. The third-order valence-electron chi connectivity index (χ3n) is 3.54. The molecular formula is C12H26N2O. The van der Waals surface area contributed by atoms with Crippen molar-refractivity contribution in [3.8, 4) is 0 Å². The molecule has 1 saturated heterocycles. The fraction of sp³-hybridized carbons (Fsp3) is 1.00. The zero-order valence-electron chi connectivity index (χ0n) is 10.4. The topological polar surface area (TPSA) is 35.5 Å². The number of nitrogens with zero attached hydrogens (tertiary/aromatic N) is 1. The van der Waals surface area contributed by atoms with Crippen molar-refractivity contribution in [2.75, 3.05) is 33.2 Å². The molecule has 1 fully saturated rings. The molecule has 0 aliphatic carbocycles. The molecule has 3 heteroatoms. The number of hydrogen-bond donors (Lipinski definition) is 2. The number of piperidine rings is 1. The molecule has 1 heterocycles. The Balaban J connectivity index is 2.43. The SMILES string of the molecule is CCC(C)(CNC)CN1CCCC(O)C1. The van der Waals surface area contributed by atoms with E-state index in [0.29, 0.717) is 5.41 Å². The van der Waals surface area contributed by atoms with E-state index in [0.717, 1.165) is 39.0 Å². The first-order chi connectivity index (χ1) is 7.09. The van der Waals surface area contributed by atoms with Crippen LogP contribution in [-0.2, 0) is 0 Å². The summed E-state index contributed by atoms with van der Waals surface area (Å²) < 4.78 is 0. The lowest BCUT2D eigenvalue weighted by molar-refractivity contribution is 0.0460. The van der Waals surface area contributed by atoms with Crippen LogP contribution in [0.2, 0.25) is 0 Å². The molecule has 0 aromatic carbocycles. The molecule has 1 aliphatic rings. The minimum Gasteiger partial charge on any atom is -0.392 e. The van der Waals surface area contributed by atoms with Crippen LogP contribution in [0, 0.1) is 5.41 Å². The largest absolute Gasteiger partial charge is 0.392 e. The van der Waals surface area contributed by atoms with Crippen LogP contribution < -0.4 is 5.32 Å². The Morgan fingerprint density at radius 1 is 1.53 bits per heavy atom. The third-order valence-corrected chi connectivity index (χ3v) is 3.54. The lowest BCUT2D eigenvalue weighted by Crippen LogP contribution is -2.46. The fourth-order valence-corrected chi connectivity index (χ4v) is 2.43. The van der Waals surface area contributed by atoms with Gasteiger partial charge in [-0.2, -0.15) is 0 Å². The van der Waals surface area contributed by atoms with E-state index in [1.54, 1.807) is 0 Å². The van der Waals surface area contributed by atoms with E-state index in [1.165, 1.54) is 6.42 Å². The summed E-state index contributed by atoms with van der Waals surface area (Å²) >= 11 is 0. The van der Waals surface area contributed by atoms with Crippen LogP contribution >= 0.6 is 0 Å². The summed E-state index contributed by atoms with van der Waals surface area (Å²) in [5.74, 6) is 0. The highest BCUT2D eigenvalue weighted by molar-refractivity contribution is 4.82. The van der Waals surface area contributed by atoms with Crippen LogP contribution in [0.1, 0.15) is 33.1 Å². The normalized spacial score (nSPS) is 27.6. The fourth-order valence-electron chi connectivity index (χ4n) is 2.43. The maximum atomic E-state index is 9.62. The Kier molecular flexibility index (Phi) is 5.03. The van der Waals surface area contributed by atoms with Gasteiger partial charge in [0.25, 0.3) is 0 Å². The summed E-state index contributed by atoms with van der Waals surface area (Å²) in [6.07, 6.45) is 3.20. The molecule has 2 atom stereocenters. The molecule has 3 nitrogen and oxygen atoms in total. The van der Waals surface area contributed by atoms with Gasteiger partial charge in [-0.25, -0.2) is 0 Å². The minimum atomic E-state index is -0.102. The minimum absolute atomic E-state index is 0.102. The Labute approximate surface area is 93.9 Å². The highest BCUT2D eigenvalue weighted by atomic mass is 16.3. The van der Waals surface area contributed by atoms with Crippen molar-refractivity contribution in [1.29, 1.82) is 0 Å². The van der Waals surface area contributed by atoms with Crippen LogP contribution in [0.4, 0.5) is 0 Å². The second-order valence-electron chi connectivity index (χ2n) is 5.23. The van der Waals surface area contributed by atoms with Crippen molar-refractivity contribution in [2.24, 2.45) is 5.41 Å². The number of β-amino-alcohol motifs (C(OH)–C–C–N with tert-alkyl or cyclic N) is 1. The van der Waals surface area contributed by atoms with E-state index in [4.69, 9.17) is 0 Å². The van der Waals surface area contributed by atoms with E-state index in [2.05, 4.69) is 24.1 Å². The van der Waals surface area contributed by atoms with E-state index in [9.17, 15) is 5.11 Å². The van der Waals surface area contributed by atoms with Gasteiger partial charge in [-0.3, -0.25) is 0 Å². The maximum absolute atomic E-state index is 9.62. The van der Waals surface area contributed by atoms with Gasteiger partial charge in [-0.05, 0) is 38.3 Å². The van der Waals surface area contributed by atoms with Gasteiger partial charge >= 0.3 is 0 Å². The van der Waals surface area contributed by atoms with Gasteiger partial charge in [0.1, 0.15) is 0 Å². The summed E-state index contributed by atoms with van der Waals surface area (Å²) in [6.45, 7) is 8.73. The van der Waals surface area contributed by atoms with Gasteiger partial charge < -0.3 is 15.3 Å². The first kappa shape index (κ1) is 12.9. The second-order valence-corrected chi connectivity index (χ2v) is 5.23. The monoisotopic (exact) mass is 214 g/mol. The van der Waals surface area contributed by atoms with Crippen LogP contribution in [-0.4, -0.2) is 49.3 Å². The molecule has 1 aliphatic heterocycles. The number of aliphatic hydroxyl groups is 1. The van der Waals surface area contributed by atoms with E-state index >= 15 is 0 Å². The molecule has 0 aromatic rings. The standard InChI is InChI=1S/C12H26N2O/c1-4-12(2,9-13-3)10-14-7-5-6-11(15)8-14/h11,13,15H,4-10H2,1-3H3. The third kappa shape index (κ3) is 4.09. The predicted molar refractivity (Wildman–Crippen MR) is 64.0 cm³/mol. The molecular weight excluding hydrogens is 188 g/mol. The van der Waals surface area contributed by atoms with Crippen molar-refractivity contribution in [1.82, 2.24) is 10.2 Å². The molecule has 0 saturated carbocycles. The van der Waals surface area contributed by atoms with Gasteiger partial charge in [0.05, 0.1) is 6.10 Å². The molecule has 15 heavy (non-hydrogen) atoms. The van der Waals surface area contributed by atoms with E-state index < -0.39 is 0 Å². The van der Waals surface area contributed by atoms with E-state index in [-0.39, 0.29) is 6.10 Å². The van der Waals surface area contributed by atoms with Crippen molar-refractivity contribution in [3.05, 3.63) is 0 Å². The molecule has 2 N–H and O–H groups in total. The summed E-state index contributed by atoms with van der Waals surface area (Å²) in [6, 6.07) is 0. The zero-order chi connectivity index (χ0) is 11.3. The van der Waals surface area contributed by atoms with Crippen LogP contribution in [0.15, 0.2) is 0 Å². The van der Waals surface area contributed by atoms with Crippen molar-refractivity contribution >= 4 is 0 Å². The van der Waals surface area contributed by atoms with Crippen molar-refractivity contribution in [2.45, 2.75) is 39.2 Å². The highest BCUT2D eigenvalue weighted by Crippen LogP contribution is 2.23. The molecule has 0 amide bonds. The lowest BCUT2D eigenvalue weighted by Gasteiger charge is -2.38. The average molecular weight is 214 g/mol. The summed E-state index contributed by atoms with van der Waals surface area (Å²) in [5.41, 5.74) is 0.339. The van der Waals surface area contributed by atoms with Crippen LogP contribution in [0.5, 0.6) is 0 Å². The lowest BCUT2D eigenvalue weighted by atomic mass is 9.86. The molecule has 0 bridgehead atoms. The summed E-state index contributed by atoms with van der Waals surface area (Å²) in [5, 5.41) is 12.9. The Morgan fingerprint density at radius 2 is 2.27 bits per heavy atom. The van der Waals surface area contributed by atoms with Gasteiger partial charge in [-0.1, -0.05) is 13.8 Å². The Bertz CT molecular complexity index is 186. The summed E-state index contributed by atoms with van der Waals surface area (Å²) in [7, 11) is 2.01. The first-order valence-electron chi connectivity index (χ1n) is 6.14. The molecule has 90 valence electrons. The van der Waals surface area contributed by atoms with Gasteiger partial charge in [0, 0.05) is 19.6 Å². The number of nitrogens with one attached hydrogen (secondary N) is 1. The van der Waals surface area contributed by atoms with Gasteiger partial charge in [-0.15, -0.1) is 0 Å². The van der Waals surface area contributed by atoms with Crippen molar-refractivity contribution < 1.29 is 5.11 Å². The Hall–Kier alpha value is -0.120. The average Bonchev–Trinajstić information content (AvgIpc) is 2.18. The number of rotatable bonds is 5. The zero-order valence-corrected chi connectivity index (χ0v) is 10.4. The molecule has 1 rings (SSSR count). The molecule has 2 unspecified atom stereocenters. The van der Waals surface area contributed by atoms with Gasteiger partial charge in [0.2, 0.25) is 0 Å². The second kappa shape index (κ2) is 5.83. The molecule has 0 aromatic heterocycles. The number of aliphatic hydroxyl groups excluding tert-OH is 1. The molecule has 0 radical (unpaired) electrons. The first-order valence-corrected chi connectivity index (χ1v) is 6.14. The smallest absolute Gasteiger partial charge is 0.0667 e. The number of hydrogen-bond acceptors (Lipinski definition) is 3. The van der Waals surface area contributed by atoms with Gasteiger partial charge in [0.15, 0.2) is 0 Å². The van der Waals surface area contributed by atoms with Crippen LogP contribution in [0.3, 0.4) is 0 Å². The summed E-state index contributed by atoms with van der Waals surface area (Å²) in [4.78, 5) is 2.41. The maximum Gasteiger partial charge on any atom is 0.0667 e. The van der Waals surface area contributed by atoms with E-state index in [1.807, 2.05) is 7.05 Å². The number of likely N-dealkylation sites (tertiary alicyclic amines) is 1. The van der Waals surface area contributed by atoms with Crippen molar-refractivity contribution in [3.63, 3.8) is 0 Å². The molecule has 0 spiro atoms.